The smallest absolute Gasteiger partial charge is 0.255 e. The highest BCUT2D eigenvalue weighted by molar-refractivity contribution is 5.98. The van der Waals surface area contributed by atoms with Crippen molar-refractivity contribution >= 4 is 11.8 Å². The third-order valence-corrected chi connectivity index (χ3v) is 9.42. The van der Waals surface area contributed by atoms with Gasteiger partial charge in [-0.3, -0.25) is 9.59 Å². The highest BCUT2D eigenvalue weighted by Crippen LogP contribution is 2.49. The Labute approximate surface area is 218 Å². The van der Waals surface area contributed by atoms with Gasteiger partial charge >= 0.3 is 0 Å². The van der Waals surface area contributed by atoms with Gasteiger partial charge in [-0.2, -0.15) is 5.26 Å². The first-order chi connectivity index (χ1) is 17.8. The van der Waals surface area contributed by atoms with Gasteiger partial charge in [-0.1, -0.05) is 13.3 Å². The number of hydrogen-bond donors (Lipinski definition) is 2. The highest BCUT2D eigenvalue weighted by Gasteiger charge is 2.52. The topological polar surface area (TPSA) is 100 Å². The summed E-state index contributed by atoms with van der Waals surface area (Å²) in [6, 6.07) is 4.72. The van der Waals surface area contributed by atoms with Crippen molar-refractivity contribution in [2.24, 2.45) is 29.1 Å². The van der Waals surface area contributed by atoms with Crippen molar-refractivity contribution in [1.29, 1.82) is 5.26 Å². The van der Waals surface area contributed by atoms with Gasteiger partial charge < -0.3 is 20.1 Å². The average molecular weight is 512 g/mol. The van der Waals surface area contributed by atoms with E-state index in [1.807, 2.05) is 0 Å². The van der Waals surface area contributed by atoms with E-state index in [2.05, 4.69) is 23.6 Å². The fourth-order valence-corrected chi connectivity index (χ4v) is 6.91. The first kappa shape index (κ1) is 25.8. The maximum Gasteiger partial charge on any atom is 0.255 e. The van der Waals surface area contributed by atoms with Gasteiger partial charge in [0, 0.05) is 18.7 Å². The van der Waals surface area contributed by atoms with E-state index in [4.69, 9.17) is 9.47 Å². The van der Waals surface area contributed by atoms with Crippen molar-refractivity contribution in [3.05, 3.63) is 23.5 Å². The number of carbonyl (C=O) groups is 2. The lowest BCUT2D eigenvalue weighted by Gasteiger charge is -2.36. The fraction of sp³-hybridized carbons (Fsp3) is 0.690. The standard InChI is InChI=1S/C29H38FN3O4/c1-17-4-8-20(9-5-17)37-24-13-21(23(36-2)14-22(24)30)27(34)33-26-19-7-6-18(12-19)25(26)28(35)32-16-29(15-31)10-3-11-29/h13-14,17-20,25-26H,3-12,16H2,1-2H3,(H,32,35)(H,33,34)/t17-,18-,19+,20-,25+,26-/m1/s1. The van der Waals surface area contributed by atoms with Crippen LogP contribution in [-0.2, 0) is 4.79 Å². The summed E-state index contributed by atoms with van der Waals surface area (Å²) in [5.74, 6) is -0.0474. The first-order valence-electron chi connectivity index (χ1n) is 13.9. The molecule has 200 valence electrons. The summed E-state index contributed by atoms with van der Waals surface area (Å²) < 4.78 is 26.2. The Kier molecular flexibility index (Phi) is 7.33. The van der Waals surface area contributed by atoms with Crippen LogP contribution in [0.5, 0.6) is 11.5 Å². The summed E-state index contributed by atoms with van der Waals surface area (Å²) in [4.78, 5) is 26.8. The van der Waals surface area contributed by atoms with Crippen LogP contribution >= 0.6 is 0 Å². The van der Waals surface area contributed by atoms with Crippen molar-refractivity contribution in [1.82, 2.24) is 10.6 Å². The van der Waals surface area contributed by atoms with Gasteiger partial charge in [0.15, 0.2) is 11.6 Å². The number of hydrogen-bond acceptors (Lipinski definition) is 5. The molecule has 4 atom stereocenters. The lowest BCUT2D eigenvalue weighted by atomic mass is 9.70. The van der Waals surface area contributed by atoms with Gasteiger partial charge in [0.05, 0.1) is 36.2 Å². The normalized spacial score (nSPS) is 31.6. The van der Waals surface area contributed by atoms with Gasteiger partial charge in [-0.15, -0.1) is 0 Å². The number of benzene rings is 1. The van der Waals surface area contributed by atoms with Crippen LogP contribution in [-0.4, -0.2) is 37.6 Å². The molecule has 8 heteroatoms. The summed E-state index contributed by atoms with van der Waals surface area (Å²) in [5.41, 5.74) is -0.233. The molecular formula is C29H38FN3O4. The number of halogens is 1. The molecule has 4 saturated carbocycles. The lowest BCUT2D eigenvalue weighted by Crippen LogP contribution is -2.51. The molecule has 0 unspecified atom stereocenters. The summed E-state index contributed by atoms with van der Waals surface area (Å²) in [6.07, 6.45) is 9.23. The Morgan fingerprint density at radius 3 is 2.49 bits per heavy atom. The third-order valence-electron chi connectivity index (χ3n) is 9.42. The largest absolute Gasteiger partial charge is 0.496 e. The van der Waals surface area contributed by atoms with E-state index in [1.165, 1.54) is 19.2 Å². The Hall–Kier alpha value is -2.82. The molecule has 1 aromatic rings. The maximum absolute atomic E-state index is 14.8. The minimum Gasteiger partial charge on any atom is -0.496 e. The van der Waals surface area contributed by atoms with E-state index < -0.39 is 11.2 Å². The number of nitrogens with zero attached hydrogens (tertiary/aromatic N) is 1. The Morgan fingerprint density at radius 2 is 1.84 bits per heavy atom. The summed E-state index contributed by atoms with van der Waals surface area (Å²) >= 11 is 0. The second-order valence-electron chi connectivity index (χ2n) is 11.8. The number of ether oxygens (including phenoxy) is 2. The fourth-order valence-electron chi connectivity index (χ4n) is 6.91. The molecule has 0 aromatic heterocycles. The quantitative estimate of drug-likeness (QED) is 0.525. The van der Waals surface area contributed by atoms with Crippen molar-refractivity contribution in [3.8, 4) is 17.6 Å². The Balaban J connectivity index is 1.30. The molecule has 1 aromatic carbocycles. The third kappa shape index (κ3) is 5.15. The van der Waals surface area contributed by atoms with Crippen LogP contribution in [0.3, 0.4) is 0 Å². The van der Waals surface area contributed by atoms with E-state index in [1.54, 1.807) is 0 Å². The Morgan fingerprint density at radius 1 is 1.11 bits per heavy atom. The molecular weight excluding hydrogens is 473 g/mol. The summed E-state index contributed by atoms with van der Waals surface area (Å²) in [7, 11) is 1.41. The molecule has 7 nitrogen and oxygen atoms in total. The van der Waals surface area contributed by atoms with E-state index in [9.17, 15) is 19.2 Å². The number of rotatable bonds is 8. The van der Waals surface area contributed by atoms with Gasteiger partial charge in [-0.25, -0.2) is 4.39 Å². The van der Waals surface area contributed by atoms with Crippen molar-refractivity contribution < 1.29 is 23.5 Å². The van der Waals surface area contributed by atoms with Crippen molar-refractivity contribution in [3.63, 3.8) is 0 Å². The van der Waals surface area contributed by atoms with E-state index >= 15 is 0 Å². The lowest BCUT2D eigenvalue weighted by molar-refractivity contribution is -0.127. The van der Waals surface area contributed by atoms with Crippen LogP contribution in [0.15, 0.2) is 12.1 Å². The maximum atomic E-state index is 14.8. The number of amides is 2. The van der Waals surface area contributed by atoms with Crippen molar-refractivity contribution in [2.75, 3.05) is 13.7 Å². The first-order valence-corrected chi connectivity index (χ1v) is 13.9. The number of fused-ring (bicyclic) bond motifs is 2. The molecule has 0 saturated heterocycles. The molecule has 2 N–H and O–H groups in total. The zero-order valence-corrected chi connectivity index (χ0v) is 21.9. The number of methoxy groups -OCH3 is 1. The molecule has 0 radical (unpaired) electrons. The summed E-state index contributed by atoms with van der Waals surface area (Å²) in [5, 5.41) is 15.6. The number of nitriles is 1. The predicted octanol–water partition coefficient (Wildman–Crippen LogP) is 4.75. The second-order valence-corrected chi connectivity index (χ2v) is 11.8. The van der Waals surface area contributed by atoms with Crippen LogP contribution in [0, 0.1) is 46.2 Å². The number of nitrogens with one attached hydrogen (secondary N) is 2. The van der Waals surface area contributed by atoms with Crippen LogP contribution in [0.1, 0.15) is 81.5 Å². The minimum absolute atomic E-state index is 0.0649. The average Bonchev–Trinajstić information content (AvgIpc) is 3.47. The predicted molar refractivity (Wildman–Crippen MR) is 135 cm³/mol. The van der Waals surface area contributed by atoms with E-state index in [-0.39, 0.29) is 58.8 Å². The number of carbonyl (C=O) groups excluding carboxylic acids is 2. The molecule has 5 rings (SSSR count). The monoisotopic (exact) mass is 511 g/mol. The van der Waals surface area contributed by atoms with Crippen LogP contribution in [0.2, 0.25) is 0 Å². The second kappa shape index (κ2) is 10.5. The van der Waals surface area contributed by atoms with Crippen LogP contribution < -0.4 is 20.1 Å². The van der Waals surface area contributed by atoms with E-state index in [0.29, 0.717) is 12.5 Å². The molecule has 37 heavy (non-hydrogen) atoms. The molecule has 0 heterocycles. The molecule has 4 fully saturated rings. The SMILES string of the molecule is COc1cc(F)c(O[C@H]2CC[C@H](C)CC2)cc1C(=O)N[C@@H]1[C@H]2CC[C@H](C2)[C@@H]1C(=O)NCC1(C#N)CCC1. The van der Waals surface area contributed by atoms with E-state index in [0.717, 1.165) is 64.2 Å². The van der Waals surface area contributed by atoms with Crippen LogP contribution in [0.25, 0.3) is 0 Å². The minimum atomic E-state index is -0.549. The zero-order valence-electron chi connectivity index (χ0n) is 21.9. The molecule has 0 aliphatic heterocycles. The molecule has 0 spiro atoms. The van der Waals surface area contributed by atoms with Gasteiger partial charge in [0.25, 0.3) is 5.91 Å². The molecule has 2 amide bonds. The van der Waals surface area contributed by atoms with Crippen molar-refractivity contribution in [2.45, 2.75) is 83.3 Å². The zero-order chi connectivity index (χ0) is 26.2. The van der Waals surface area contributed by atoms with Gasteiger partial charge in [-0.05, 0) is 81.6 Å². The summed E-state index contributed by atoms with van der Waals surface area (Å²) in [6.45, 7) is 2.58. The highest BCUT2D eigenvalue weighted by atomic mass is 19.1. The molecule has 4 aliphatic rings. The van der Waals surface area contributed by atoms with Crippen LogP contribution in [0.4, 0.5) is 4.39 Å². The molecule has 2 bridgehead atoms. The molecule has 4 aliphatic carbocycles. The van der Waals surface area contributed by atoms with Gasteiger partial charge in [0.2, 0.25) is 5.91 Å². The van der Waals surface area contributed by atoms with Gasteiger partial charge in [0.1, 0.15) is 5.75 Å². The Bertz CT molecular complexity index is 1070.